The van der Waals surface area contributed by atoms with Crippen molar-refractivity contribution in [1.82, 2.24) is 10.3 Å². The standard InChI is InChI=1S/C21H24FN3O4/c1-13(2)21(4,12-23)25-20(27)14(3)28-19(26)10-9-18-24-11-17(29-18)15-5-7-16(22)8-6-15/h5-8,11,13-14H,9-10H2,1-4H3,(H,25,27). The lowest BCUT2D eigenvalue weighted by Gasteiger charge is -2.28. The van der Waals surface area contributed by atoms with Gasteiger partial charge in [0, 0.05) is 12.0 Å². The van der Waals surface area contributed by atoms with Gasteiger partial charge in [-0.2, -0.15) is 5.26 Å². The van der Waals surface area contributed by atoms with Gasteiger partial charge in [0.1, 0.15) is 11.4 Å². The summed E-state index contributed by atoms with van der Waals surface area (Å²) in [7, 11) is 0. The molecule has 154 valence electrons. The topological polar surface area (TPSA) is 105 Å². The van der Waals surface area contributed by atoms with Gasteiger partial charge in [-0.25, -0.2) is 9.37 Å². The Kier molecular flexibility index (Phi) is 7.10. The van der Waals surface area contributed by atoms with E-state index in [9.17, 15) is 19.2 Å². The quantitative estimate of drug-likeness (QED) is 0.680. The van der Waals surface area contributed by atoms with Crippen LogP contribution in [0, 0.1) is 23.1 Å². The van der Waals surface area contributed by atoms with Gasteiger partial charge < -0.3 is 14.5 Å². The lowest BCUT2D eigenvalue weighted by molar-refractivity contribution is -0.155. The first kappa shape index (κ1) is 22.1. The van der Waals surface area contributed by atoms with Gasteiger partial charge in [0.15, 0.2) is 17.8 Å². The Morgan fingerprint density at radius 1 is 1.31 bits per heavy atom. The minimum atomic E-state index is -1.05. The van der Waals surface area contributed by atoms with E-state index in [-0.39, 0.29) is 24.6 Å². The van der Waals surface area contributed by atoms with E-state index in [4.69, 9.17) is 9.15 Å². The number of aryl methyl sites for hydroxylation is 1. The van der Waals surface area contributed by atoms with E-state index in [2.05, 4.69) is 16.4 Å². The Hall–Kier alpha value is -3.21. The molecule has 29 heavy (non-hydrogen) atoms. The van der Waals surface area contributed by atoms with Crippen LogP contribution in [0.5, 0.6) is 0 Å². The van der Waals surface area contributed by atoms with Gasteiger partial charge >= 0.3 is 5.97 Å². The largest absolute Gasteiger partial charge is 0.453 e. The molecule has 0 aliphatic rings. The third-order valence-corrected chi connectivity index (χ3v) is 4.67. The third-order valence-electron chi connectivity index (χ3n) is 4.67. The number of hydrogen-bond donors (Lipinski definition) is 1. The van der Waals surface area contributed by atoms with Crippen LogP contribution in [0.1, 0.15) is 40.0 Å². The number of nitrogens with zero attached hydrogens (tertiary/aromatic N) is 2. The molecule has 1 amide bonds. The maximum absolute atomic E-state index is 13.0. The normalized spacial score (nSPS) is 14.0. The zero-order valence-electron chi connectivity index (χ0n) is 16.9. The highest BCUT2D eigenvalue weighted by atomic mass is 19.1. The average Bonchev–Trinajstić information content (AvgIpc) is 3.15. The van der Waals surface area contributed by atoms with Gasteiger partial charge in [-0.1, -0.05) is 13.8 Å². The highest BCUT2D eigenvalue weighted by molar-refractivity contribution is 5.84. The number of carbonyl (C=O) groups is 2. The summed E-state index contributed by atoms with van der Waals surface area (Å²) in [5.74, 6) is -0.790. The van der Waals surface area contributed by atoms with E-state index in [0.29, 0.717) is 17.2 Å². The van der Waals surface area contributed by atoms with Crippen LogP contribution < -0.4 is 5.32 Å². The Balaban J connectivity index is 1.86. The molecule has 1 aromatic carbocycles. The number of hydrogen-bond acceptors (Lipinski definition) is 6. The number of aromatic nitrogens is 1. The number of rotatable bonds is 8. The fourth-order valence-corrected chi connectivity index (χ4v) is 2.35. The molecular formula is C21H24FN3O4. The van der Waals surface area contributed by atoms with Crippen molar-refractivity contribution in [2.45, 2.75) is 52.2 Å². The van der Waals surface area contributed by atoms with Crippen LogP contribution in [0.3, 0.4) is 0 Å². The smallest absolute Gasteiger partial charge is 0.307 e. The van der Waals surface area contributed by atoms with E-state index < -0.39 is 23.5 Å². The molecule has 0 saturated carbocycles. The monoisotopic (exact) mass is 401 g/mol. The predicted octanol–water partition coefficient (Wildman–Crippen LogP) is 3.40. The highest BCUT2D eigenvalue weighted by Gasteiger charge is 2.32. The lowest BCUT2D eigenvalue weighted by atomic mass is 9.90. The molecule has 1 aromatic heterocycles. The van der Waals surface area contributed by atoms with Crippen LogP contribution >= 0.6 is 0 Å². The SMILES string of the molecule is CC(OC(=O)CCc1ncc(-c2ccc(F)cc2)o1)C(=O)NC(C)(C#N)C(C)C. The van der Waals surface area contributed by atoms with Crippen LogP contribution in [0.15, 0.2) is 34.9 Å². The van der Waals surface area contributed by atoms with Gasteiger partial charge in [-0.3, -0.25) is 9.59 Å². The summed E-state index contributed by atoms with van der Waals surface area (Å²) >= 11 is 0. The average molecular weight is 401 g/mol. The van der Waals surface area contributed by atoms with Crippen molar-refractivity contribution in [2.75, 3.05) is 0 Å². The van der Waals surface area contributed by atoms with E-state index >= 15 is 0 Å². The second-order valence-corrected chi connectivity index (χ2v) is 7.22. The first-order valence-corrected chi connectivity index (χ1v) is 9.28. The molecule has 2 rings (SSSR count). The van der Waals surface area contributed by atoms with Gasteiger partial charge in [-0.15, -0.1) is 0 Å². The number of halogens is 1. The number of carbonyl (C=O) groups excluding carboxylic acids is 2. The zero-order chi connectivity index (χ0) is 21.6. The van der Waals surface area contributed by atoms with Crippen LogP contribution in [0.4, 0.5) is 4.39 Å². The molecule has 0 aliphatic heterocycles. The molecule has 2 aromatic rings. The summed E-state index contributed by atoms with van der Waals surface area (Å²) in [5.41, 5.74) is -0.379. The summed E-state index contributed by atoms with van der Waals surface area (Å²) in [6.45, 7) is 6.70. The van der Waals surface area contributed by atoms with Crippen LogP contribution in [0.25, 0.3) is 11.3 Å². The van der Waals surface area contributed by atoms with Crippen molar-refractivity contribution < 1.29 is 23.1 Å². The number of esters is 1. The van der Waals surface area contributed by atoms with E-state index in [1.165, 1.54) is 25.3 Å². The minimum absolute atomic E-state index is 0.0271. The number of benzene rings is 1. The number of oxazole rings is 1. The molecule has 1 N–H and O–H groups in total. The lowest BCUT2D eigenvalue weighted by Crippen LogP contribution is -2.52. The molecular weight excluding hydrogens is 377 g/mol. The maximum atomic E-state index is 13.0. The summed E-state index contributed by atoms with van der Waals surface area (Å²) in [5, 5.41) is 11.9. The fraction of sp³-hybridized carbons (Fsp3) is 0.429. The van der Waals surface area contributed by atoms with Crippen molar-refractivity contribution in [1.29, 1.82) is 5.26 Å². The fourth-order valence-electron chi connectivity index (χ4n) is 2.35. The van der Waals surface area contributed by atoms with Crippen molar-refractivity contribution in [3.8, 4) is 17.4 Å². The predicted molar refractivity (Wildman–Crippen MR) is 103 cm³/mol. The number of nitriles is 1. The summed E-state index contributed by atoms with van der Waals surface area (Å²) < 4.78 is 23.7. The number of nitrogens with one attached hydrogen (secondary N) is 1. The molecule has 2 atom stereocenters. The molecule has 8 heteroatoms. The summed E-state index contributed by atoms with van der Waals surface area (Å²) in [6, 6.07) is 7.84. The Morgan fingerprint density at radius 3 is 2.55 bits per heavy atom. The molecule has 7 nitrogen and oxygen atoms in total. The molecule has 1 heterocycles. The molecule has 0 saturated heterocycles. The second-order valence-electron chi connectivity index (χ2n) is 7.22. The van der Waals surface area contributed by atoms with E-state index in [1.807, 2.05) is 13.8 Å². The number of ether oxygens (including phenoxy) is 1. The van der Waals surface area contributed by atoms with Gasteiger partial charge in [-0.05, 0) is 44.0 Å². The molecule has 2 unspecified atom stereocenters. The Labute approximate surface area is 168 Å². The summed E-state index contributed by atoms with van der Waals surface area (Å²) in [6.07, 6.45) is 0.628. The Morgan fingerprint density at radius 2 is 1.97 bits per heavy atom. The van der Waals surface area contributed by atoms with E-state index in [0.717, 1.165) is 0 Å². The number of amides is 1. The van der Waals surface area contributed by atoms with Gasteiger partial charge in [0.05, 0.1) is 18.7 Å². The highest BCUT2D eigenvalue weighted by Crippen LogP contribution is 2.21. The molecule has 0 spiro atoms. The third kappa shape index (κ3) is 5.88. The Bertz CT molecular complexity index is 901. The second kappa shape index (κ2) is 9.32. The summed E-state index contributed by atoms with van der Waals surface area (Å²) in [4.78, 5) is 28.4. The maximum Gasteiger partial charge on any atom is 0.307 e. The van der Waals surface area contributed by atoms with E-state index in [1.54, 1.807) is 19.1 Å². The van der Waals surface area contributed by atoms with Crippen molar-refractivity contribution in [3.63, 3.8) is 0 Å². The van der Waals surface area contributed by atoms with Crippen molar-refractivity contribution in [2.24, 2.45) is 5.92 Å². The first-order valence-electron chi connectivity index (χ1n) is 9.28. The first-order chi connectivity index (χ1) is 13.6. The molecule has 0 bridgehead atoms. The molecule has 0 fully saturated rings. The van der Waals surface area contributed by atoms with Gasteiger partial charge in [0.2, 0.25) is 0 Å². The van der Waals surface area contributed by atoms with Crippen LogP contribution in [-0.2, 0) is 20.7 Å². The van der Waals surface area contributed by atoms with Crippen LogP contribution in [-0.4, -0.2) is 28.5 Å². The minimum Gasteiger partial charge on any atom is -0.453 e. The molecule has 0 aliphatic carbocycles. The van der Waals surface area contributed by atoms with Gasteiger partial charge in [0.25, 0.3) is 5.91 Å². The van der Waals surface area contributed by atoms with Crippen LogP contribution in [0.2, 0.25) is 0 Å². The zero-order valence-corrected chi connectivity index (χ0v) is 16.9. The molecule has 0 radical (unpaired) electrons. The van der Waals surface area contributed by atoms with Crippen molar-refractivity contribution in [3.05, 3.63) is 42.2 Å². The van der Waals surface area contributed by atoms with Crippen molar-refractivity contribution >= 4 is 11.9 Å².